The molecule has 0 unspecified atom stereocenters. The molecule has 0 bridgehead atoms. The first-order valence-electron chi connectivity index (χ1n) is 8.24. The third-order valence-corrected chi connectivity index (χ3v) is 4.98. The molecule has 0 radical (unpaired) electrons. The summed E-state index contributed by atoms with van der Waals surface area (Å²) < 4.78 is 0. The van der Waals surface area contributed by atoms with Crippen LogP contribution in [0.5, 0.6) is 0 Å². The molecule has 1 aliphatic carbocycles. The summed E-state index contributed by atoms with van der Waals surface area (Å²) in [6.07, 6.45) is 2.90. The van der Waals surface area contributed by atoms with Crippen LogP contribution in [0.1, 0.15) is 29.6 Å². The van der Waals surface area contributed by atoms with E-state index in [1.54, 1.807) is 12.1 Å². The number of nitrogens with two attached hydrogens (primary N) is 1. The monoisotopic (exact) mass is 321 g/mol. The van der Waals surface area contributed by atoms with Crippen molar-refractivity contribution >= 4 is 28.9 Å². The zero-order chi connectivity index (χ0) is 16.7. The molecular weight excluding hydrogens is 302 g/mol. The zero-order valence-corrected chi connectivity index (χ0v) is 13.2. The number of fused-ring (bicyclic) bond motifs is 2. The minimum absolute atomic E-state index is 0.0267. The third-order valence-electron chi connectivity index (χ3n) is 4.98. The van der Waals surface area contributed by atoms with Crippen LogP contribution in [0.15, 0.2) is 48.5 Å². The maximum atomic E-state index is 12.7. The number of nitrogens with zero attached hydrogens (tertiary/aromatic N) is 1. The molecule has 2 aromatic rings. The van der Waals surface area contributed by atoms with Crippen molar-refractivity contribution in [2.24, 2.45) is 11.7 Å². The number of para-hydroxylation sites is 1. The molecule has 1 aliphatic heterocycles. The van der Waals surface area contributed by atoms with E-state index in [-0.39, 0.29) is 17.9 Å². The van der Waals surface area contributed by atoms with Crippen LogP contribution in [0, 0.1) is 5.92 Å². The average molecular weight is 321 g/mol. The number of amides is 2. The van der Waals surface area contributed by atoms with Crippen molar-refractivity contribution < 1.29 is 9.59 Å². The summed E-state index contributed by atoms with van der Waals surface area (Å²) in [6, 6.07) is 15.5. The lowest BCUT2D eigenvalue weighted by molar-refractivity contribution is -0.119. The Morgan fingerprint density at radius 3 is 2.67 bits per heavy atom. The number of rotatable bonds is 2. The molecule has 1 saturated carbocycles. The quantitative estimate of drug-likeness (QED) is 0.892. The summed E-state index contributed by atoms with van der Waals surface area (Å²) in [5, 5.41) is 3.00. The molecule has 0 spiro atoms. The summed E-state index contributed by atoms with van der Waals surface area (Å²) in [7, 11) is 0. The molecule has 2 amide bonds. The van der Waals surface area contributed by atoms with Gasteiger partial charge in [0.25, 0.3) is 0 Å². The fraction of sp³-hybridized carbons (Fsp3) is 0.263. The van der Waals surface area contributed by atoms with Gasteiger partial charge in [0.2, 0.25) is 11.8 Å². The Morgan fingerprint density at radius 2 is 1.92 bits per heavy atom. The highest BCUT2D eigenvalue weighted by Gasteiger charge is 2.41. The van der Waals surface area contributed by atoms with Crippen LogP contribution in [0.2, 0.25) is 0 Å². The normalized spacial score (nSPS) is 22.3. The zero-order valence-electron chi connectivity index (χ0n) is 13.2. The van der Waals surface area contributed by atoms with Gasteiger partial charge in [-0.25, -0.2) is 0 Å². The molecule has 0 saturated heterocycles. The standard InChI is InChI=1S/C19H19N3O2/c20-18(23)12-9-10-17-15(11-12)21-19(24)14-7-4-8-16(14)22(17)13-5-2-1-3-6-13/h1-3,5-6,9-11,14,16H,4,7-8H2,(H2,20,23)(H,21,24)/t14-,16+/m0/s1. The Morgan fingerprint density at radius 1 is 1.12 bits per heavy atom. The van der Waals surface area contributed by atoms with Gasteiger partial charge in [-0.05, 0) is 43.2 Å². The van der Waals surface area contributed by atoms with Gasteiger partial charge in [-0.3, -0.25) is 9.59 Å². The van der Waals surface area contributed by atoms with Crippen molar-refractivity contribution in [3.63, 3.8) is 0 Å². The average Bonchev–Trinajstić information content (AvgIpc) is 3.02. The van der Waals surface area contributed by atoms with Crippen LogP contribution < -0.4 is 16.0 Å². The van der Waals surface area contributed by atoms with E-state index in [4.69, 9.17) is 5.73 Å². The van der Waals surface area contributed by atoms with Gasteiger partial charge in [-0.2, -0.15) is 0 Å². The van der Waals surface area contributed by atoms with E-state index in [1.807, 2.05) is 24.3 Å². The molecule has 5 nitrogen and oxygen atoms in total. The van der Waals surface area contributed by atoms with Gasteiger partial charge in [0.05, 0.1) is 17.3 Å². The van der Waals surface area contributed by atoms with Gasteiger partial charge in [-0.15, -0.1) is 0 Å². The summed E-state index contributed by atoms with van der Waals surface area (Å²) in [5.41, 5.74) is 8.40. The van der Waals surface area contributed by atoms with Gasteiger partial charge in [0.1, 0.15) is 0 Å². The fourth-order valence-electron chi connectivity index (χ4n) is 3.88. The lowest BCUT2D eigenvalue weighted by Crippen LogP contribution is -2.36. The minimum Gasteiger partial charge on any atom is -0.366 e. The van der Waals surface area contributed by atoms with E-state index in [0.717, 1.165) is 30.6 Å². The van der Waals surface area contributed by atoms with Gasteiger partial charge >= 0.3 is 0 Å². The molecule has 122 valence electrons. The molecule has 3 N–H and O–H groups in total. The van der Waals surface area contributed by atoms with E-state index in [9.17, 15) is 9.59 Å². The Kier molecular flexibility index (Phi) is 3.49. The van der Waals surface area contributed by atoms with Crippen LogP contribution in [0.4, 0.5) is 17.1 Å². The van der Waals surface area contributed by atoms with E-state index in [0.29, 0.717) is 11.3 Å². The van der Waals surface area contributed by atoms with Gasteiger partial charge < -0.3 is 16.0 Å². The predicted molar refractivity (Wildman–Crippen MR) is 93.3 cm³/mol. The number of anilines is 3. The Labute approximate surface area is 140 Å². The molecule has 24 heavy (non-hydrogen) atoms. The molecule has 1 heterocycles. The lowest BCUT2D eigenvalue weighted by Gasteiger charge is -2.32. The molecule has 5 heteroatoms. The van der Waals surface area contributed by atoms with E-state index >= 15 is 0 Å². The Hall–Kier alpha value is -2.82. The van der Waals surface area contributed by atoms with Crippen molar-refractivity contribution in [3.8, 4) is 0 Å². The minimum atomic E-state index is -0.497. The highest BCUT2D eigenvalue weighted by Crippen LogP contribution is 2.44. The first kappa shape index (κ1) is 14.8. The maximum absolute atomic E-state index is 12.7. The van der Waals surface area contributed by atoms with Gasteiger partial charge in [0, 0.05) is 17.3 Å². The Bertz CT molecular complexity index is 804. The smallest absolute Gasteiger partial charge is 0.248 e. The second-order valence-electron chi connectivity index (χ2n) is 6.40. The van der Waals surface area contributed by atoms with E-state index in [1.165, 1.54) is 0 Å². The topological polar surface area (TPSA) is 75.4 Å². The number of primary amides is 1. The number of carbonyl (C=O) groups is 2. The van der Waals surface area contributed by atoms with Crippen molar-refractivity contribution in [3.05, 3.63) is 54.1 Å². The molecular formula is C19H19N3O2. The molecule has 4 rings (SSSR count). The van der Waals surface area contributed by atoms with Crippen molar-refractivity contribution in [1.82, 2.24) is 0 Å². The fourth-order valence-corrected chi connectivity index (χ4v) is 3.88. The van der Waals surface area contributed by atoms with E-state index in [2.05, 4.69) is 22.3 Å². The number of hydrogen-bond donors (Lipinski definition) is 2. The SMILES string of the molecule is NC(=O)c1ccc2c(c1)NC(=O)[C@H]1CCC[C@H]1N2c1ccccc1. The highest BCUT2D eigenvalue weighted by atomic mass is 16.2. The molecule has 2 aromatic carbocycles. The van der Waals surface area contributed by atoms with Crippen LogP contribution in [0.3, 0.4) is 0 Å². The number of hydrogen-bond acceptors (Lipinski definition) is 3. The summed E-state index contributed by atoms with van der Waals surface area (Å²) in [4.78, 5) is 26.4. The lowest BCUT2D eigenvalue weighted by atomic mass is 10.0. The first-order valence-corrected chi connectivity index (χ1v) is 8.24. The van der Waals surface area contributed by atoms with Gasteiger partial charge in [0.15, 0.2) is 0 Å². The second-order valence-corrected chi connectivity index (χ2v) is 6.40. The first-order chi connectivity index (χ1) is 11.6. The number of benzene rings is 2. The second kappa shape index (κ2) is 5.67. The van der Waals surface area contributed by atoms with Crippen LogP contribution in [-0.4, -0.2) is 17.9 Å². The largest absolute Gasteiger partial charge is 0.366 e. The van der Waals surface area contributed by atoms with Crippen LogP contribution in [-0.2, 0) is 4.79 Å². The maximum Gasteiger partial charge on any atom is 0.248 e. The van der Waals surface area contributed by atoms with Crippen molar-refractivity contribution in [2.75, 3.05) is 10.2 Å². The summed E-state index contributed by atoms with van der Waals surface area (Å²) in [6.45, 7) is 0. The van der Waals surface area contributed by atoms with Crippen LogP contribution >= 0.6 is 0 Å². The predicted octanol–water partition coefficient (Wildman–Crippen LogP) is 3.04. The van der Waals surface area contributed by atoms with Gasteiger partial charge in [-0.1, -0.05) is 24.6 Å². The summed E-state index contributed by atoms with van der Waals surface area (Å²) >= 11 is 0. The molecule has 0 aromatic heterocycles. The molecule has 2 atom stereocenters. The molecule has 2 aliphatic rings. The third kappa shape index (κ3) is 2.33. The highest BCUT2D eigenvalue weighted by molar-refractivity contribution is 6.02. The number of carbonyl (C=O) groups excluding carboxylic acids is 2. The van der Waals surface area contributed by atoms with Crippen molar-refractivity contribution in [1.29, 1.82) is 0 Å². The number of nitrogens with one attached hydrogen (secondary N) is 1. The van der Waals surface area contributed by atoms with E-state index < -0.39 is 5.91 Å². The van der Waals surface area contributed by atoms with Crippen molar-refractivity contribution in [2.45, 2.75) is 25.3 Å². The van der Waals surface area contributed by atoms with Crippen LogP contribution in [0.25, 0.3) is 0 Å². The Balaban J connectivity index is 1.90. The summed E-state index contributed by atoms with van der Waals surface area (Å²) in [5.74, 6) is -0.517. The molecule has 1 fully saturated rings.